The third kappa shape index (κ3) is 4.08. The molecular weight excluding hydrogens is 212 g/mol. The Balaban J connectivity index is 2.82. The Morgan fingerprint density at radius 2 is 2.12 bits per heavy atom. The molecule has 1 rings (SSSR count). The molecule has 92 valence electrons. The smallest absolute Gasteiger partial charge is 0.174 e. The number of hydrogen-bond donors (Lipinski definition) is 1. The van der Waals surface area contributed by atoms with E-state index in [0.717, 1.165) is 30.7 Å². The van der Waals surface area contributed by atoms with E-state index in [1.165, 1.54) is 0 Å². The van der Waals surface area contributed by atoms with Gasteiger partial charge in [0.1, 0.15) is 11.8 Å². The van der Waals surface area contributed by atoms with Crippen molar-refractivity contribution >= 4 is 0 Å². The maximum Gasteiger partial charge on any atom is 0.174 e. The van der Waals surface area contributed by atoms with Crippen LogP contribution in [-0.2, 0) is 0 Å². The highest BCUT2D eigenvalue weighted by Crippen LogP contribution is 2.26. The minimum atomic E-state index is 0.0984. The number of hydrogen-bond acceptors (Lipinski definition) is 3. The van der Waals surface area contributed by atoms with Crippen molar-refractivity contribution in [1.82, 2.24) is 5.32 Å². The first-order chi connectivity index (χ1) is 8.33. The van der Waals surface area contributed by atoms with E-state index in [0.29, 0.717) is 6.04 Å². The van der Waals surface area contributed by atoms with E-state index in [-0.39, 0.29) is 6.61 Å². The number of para-hydroxylation sites is 1. The largest absolute Gasteiger partial charge is 0.478 e. The molecule has 0 bridgehead atoms. The van der Waals surface area contributed by atoms with Crippen molar-refractivity contribution in [2.45, 2.75) is 32.7 Å². The fraction of sp³-hybridized carbons (Fsp3) is 0.500. The average Bonchev–Trinajstić information content (AvgIpc) is 2.38. The minimum Gasteiger partial charge on any atom is -0.478 e. The molecule has 0 radical (unpaired) electrons. The predicted octanol–water partition coefficient (Wildman–Crippen LogP) is 3.04. The fourth-order valence-corrected chi connectivity index (χ4v) is 1.80. The second-order valence-corrected chi connectivity index (χ2v) is 3.90. The zero-order valence-electron chi connectivity index (χ0n) is 10.6. The number of nitrogens with zero attached hydrogens (tertiary/aromatic N) is 1. The molecule has 3 heteroatoms. The third-order valence-electron chi connectivity index (χ3n) is 2.64. The Hall–Kier alpha value is -1.53. The van der Waals surface area contributed by atoms with E-state index in [4.69, 9.17) is 10.00 Å². The summed E-state index contributed by atoms with van der Waals surface area (Å²) in [6, 6.07) is 10.2. The van der Waals surface area contributed by atoms with Gasteiger partial charge in [-0.15, -0.1) is 0 Å². The number of benzene rings is 1. The van der Waals surface area contributed by atoms with E-state index in [1.54, 1.807) is 0 Å². The first-order valence-corrected chi connectivity index (χ1v) is 6.15. The summed E-state index contributed by atoms with van der Waals surface area (Å²) < 4.78 is 5.45. The van der Waals surface area contributed by atoms with Crippen molar-refractivity contribution in [1.29, 1.82) is 5.26 Å². The van der Waals surface area contributed by atoms with Crippen molar-refractivity contribution in [3.63, 3.8) is 0 Å². The van der Waals surface area contributed by atoms with Crippen molar-refractivity contribution in [3.05, 3.63) is 29.8 Å². The molecule has 0 aromatic heterocycles. The molecule has 1 aromatic carbocycles. The van der Waals surface area contributed by atoms with Crippen LogP contribution in [0.4, 0.5) is 0 Å². The van der Waals surface area contributed by atoms with Crippen LogP contribution in [0.25, 0.3) is 0 Å². The van der Waals surface area contributed by atoms with Crippen LogP contribution in [0, 0.1) is 11.3 Å². The van der Waals surface area contributed by atoms with Crippen molar-refractivity contribution < 1.29 is 4.74 Å². The average molecular weight is 232 g/mol. The van der Waals surface area contributed by atoms with Gasteiger partial charge in [-0.3, -0.25) is 0 Å². The minimum absolute atomic E-state index is 0.0984. The second kappa shape index (κ2) is 7.70. The molecule has 0 fully saturated rings. The first-order valence-electron chi connectivity index (χ1n) is 6.15. The number of rotatable bonds is 7. The molecule has 0 spiro atoms. The Kier molecular flexibility index (Phi) is 6.13. The number of nitrogens with one attached hydrogen (secondary N) is 1. The van der Waals surface area contributed by atoms with E-state index in [2.05, 4.69) is 25.2 Å². The molecule has 0 aliphatic carbocycles. The normalized spacial score (nSPS) is 11.8. The van der Waals surface area contributed by atoms with Crippen LogP contribution in [-0.4, -0.2) is 13.2 Å². The van der Waals surface area contributed by atoms with Crippen LogP contribution in [0.1, 0.15) is 38.3 Å². The van der Waals surface area contributed by atoms with Crippen molar-refractivity contribution in [2.75, 3.05) is 13.2 Å². The summed E-state index contributed by atoms with van der Waals surface area (Å²) in [5, 5.41) is 12.1. The topological polar surface area (TPSA) is 45.0 Å². The van der Waals surface area contributed by atoms with Crippen LogP contribution in [0.15, 0.2) is 24.3 Å². The van der Waals surface area contributed by atoms with Crippen LogP contribution in [0.3, 0.4) is 0 Å². The molecule has 0 aliphatic heterocycles. The quantitative estimate of drug-likeness (QED) is 0.786. The molecule has 1 aromatic rings. The summed E-state index contributed by atoms with van der Waals surface area (Å²) in [5.41, 5.74) is 1.14. The Morgan fingerprint density at radius 3 is 2.76 bits per heavy atom. The summed E-state index contributed by atoms with van der Waals surface area (Å²) in [5.74, 6) is 0.810. The van der Waals surface area contributed by atoms with Gasteiger partial charge in [0.25, 0.3) is 0 Å². The van der Waals surface area contributed by atoms with Gasteiger partial charge in [0.2, 0.25) is 0 Å². The fourth-order valence-electron chi connectivity index (χ4n) is 1.80. The van der Waals surface area contributed by atoms with Gasteiger partial charge in [0.05, 0.1) is 0 Å². The lowest BCUT2D eigenvalue weighted by molar-refractivity contribution is 0.356. The molecule has 0 saturated heterocycles. The highest BCUT2D eigenvalue weighted by molar-refractivity contribution is 5.36. The molecule has 1 N–H and O–H groups in total. The van der Waals surface area contributed by atoms with Crippen LogP contribution < -0.4 is 10.1 Å². The second-order valence-electron chi connectivity index (χ2n) is 3.90. The van der Waals surface area contributed by atoms with Gasteiger partial charge in [-0.2, -0.15) is 5.26 Å². The van der Waals surface area contributed by atoms with Crippen LogP contribution in [0.5, 0.6) is 5.75 Å². The first kappa shape index (κ1) is 13.5. The molecule has 0 saturated carbocycles. The molecule has 0 amide bonds. The van der Waals surface area contributed by atoms with E-state index in [9.17, 15) is 0 Å². The van der Waals surface area contributed by atoms with Gasteiger partial charge >= 0.3 is 0 Å². The highest BCUT2D eigenvalue weighted by atomic mass is 16.5. The zero-order chi connectivity index (χ0) is 12.5. The third-order valence-corrected chi connectivity index (χ3v) is 2.64. The maximum absolute atomic E-state index is 8.57. The van der Waals surface area contributed by atoms with Gasteiger partial charge in [-0.25, -0.2) is 0 Å². The lowest BCUT2D eigenvalue weighted by Gasteiger charge is -2.19. The molecule has 1 unspecified atom stereocenters. The lowest BCUT2D eigenvalue weighted by Crippen LogP contribution is -2.22. The van der Waals surface area contributed by atoms with Gasteiger partial charge in [-0.05, 0) is 25.5 Å². The van der Waals surface area contributed by atoms with Gasteiger partial charge in [-0.1, -0.05) is 32.0 Å². The summed E-state index contributed by atoms with van der Waals surface area (Å²) in [6.45, 7) is 5.39. The summed E-state index contributed by atoms with van der Waals surface area (Å²) in [4.78, 5) is 0. The van der Waals surface area contributed by atoms with Gasteiger partial charge in [0, 0.05) is 11.6 Å². The summed E-state index contributed by atoms with van der Waals surface area (Å²) in [7, 11) is 0. The van der Waals surface area contributed by atoms with Crippen LogP contribution in [0.2, 0.25) is 0 Å². The molecule has 3 nitrogen and oxygen atoms in total. The Morgan fingerprint density at radius 1 is 1.35 bits per heavy atom. The molecule has 17 heavy (non-hydrogen) atoms. The van der Waals surface area contributed by atoms with Gasteiger partial charge in [0.15, 0.2) is 6.61 Å². The SMILES string of the molecule is CCCNC(CC)c1ccccc1OCC#N. The van der Waals surface area contributed by atoms with E-state index in [1.807, 2.05) is 24.3 Å². The Bertz CT molecular complexity index is 371. The molecule has 1 atom stereocenters. The maximum atomic E-state index is 8.57. The van der Waals surface area contributed by atoms with E-state index >= 15 is 0 Å². The monoisotopic (exact) mass is 232 g/mol. The zero-order valence-corrected chi connectivity index (χ0v) is 10.6. The summed E-state index contributed by atoms with van der Waals surface area (Å²) >= 11 is 0. The van der Waals surface area contributed by atoms with Crippen molar-refractivity contribution in [2.24, 2.45) is 0 Å². The molecule has 0 aliphatic rings. The number of ether oxygens (including phenoxy) is 1. The Labute approximate surface area is 103 Å². The van der Waals surface area contributed by atoms with Gasteiger partial charge < -0.3 is 10.1 Å². The van der Waals surface area contributed by atoms with E-state index < -0.39 is 0 Å². The van der Waals surface area contributed by atoms with Crippen LogP contribution >= 0.6 is 0 Å². The predicted molar refractivity (Wildman–Crippen MR) is 68.9 cm³/mol. The molecular formula is C14H20N2O. The highest BCUT2D eigenvalue weighted by Gasteiger charge is 2.13. The standard InChI is InChI=1S/C14H20N2O/c1-3-10-16-13(4-2)12-7-5-6-8-14(12)17-11-9-15/h5-8,13,16H,3-4,10-11H2,1-2H3. The number of nitriles is 1. The summed E-state index contributed by atoms with van der Waals surface area (Å²) in [6.07, 6.45) is 2.12. The van der Waals surface area contributed by atoms with Crippen molar-refractivity contribution in [3.8, 4) is 11.8 Å². The molecule has 0 heterocycles. The lowest BCUT2D eigenvalue weighted by atomic mass is 10.0.